The number of aryl methyl sites for hydroxylation is 3. The fourth-order valence-electron chi connectivity index (χ4n) is 2.44. The number of carbonyl (C=O) groups is 1. The fourth-order valence-corrected chi connectivity index (χ4v) is 2.44. The van der Waals surface area contributed by atoms with E-state index in [0.29, 0.717) is 23.2 Å². The Balaban J connectivity index is 1.82. The summed E-state index contributed by atoms with van der Waals surface area (Å²) in [4.78, 5) is 21.1. The van der Waals surface area contributed by atoms with Gasteiger partial charge >= 0.3 is 0 Å². The predicted molar refractivity (Wildman–Crippen MR) is 95.1 cm³/mol. The van der Waals surface area contributed by atoms with Crippen LogP contribution in [0.5, 0.6) is 0 Å². The lowest BCUT2D eigenvalue weighted by atomic mass is 10.1. The highest BCUT2D eigenvalue weighted by Crippen LogP contribution is 2.18. The van der Waals surface area contributed by atoms with Gasteiger partial charge in [-0.05, 0) is 31.9 Å². The van der Waals surface area contributed by atoms with E-state index in [1.54, 1.807) is 26.0 Å². The molecule has 2 heterocycles. The molecule has 0 saturated heterocycles. The van der Waals surface area contributed by atoms with Crippen LogP contribution in [0.2, 0.25) is 0 Å². The maximum Gasteiger partial charge on any atom is 0.274 e. The van der Waals surface area contributed by atoms with Gasteiger partial charge < -0.3 is 15.2 Å². The molecule has 0 aliphatic heterocycles. The van der Waals surface area contributed by atoms with Crippen LogP contribution in [0.4, 0.5) is 17.3 Å². The zero-order valence-corrected chi connectivity index (χ0v) is 14.3. The highest BCUT2D eigenvalue weighted by molar-refractivity contribution is 6.03. The van der Waals surface area contributed by atoms with Gasteiger partial charge in [-0.2, -0.15) is 0 Å². The first kappa shape index (κ1) is 16.6. The average Bonchev–Trinajstić information content (AvgIpc) is 2.99. The molecule has 0 unspecified atom stereocenters. The molecule has 128 valence electrons. The first-order valence-corrected chi connectivity index (χ1v) is 8.00. The first-order chi connectivity index (χ1) is 12.0. The van der Waals surface area contributed by atoms with E-state index in [2.05, 4.69) is 25.8 Å². The van der Waals surface area contributed by atoms with E-state index >= 15 is 0 Å². The van der Waals surface area contributed by atoms with Crippen LogP contribution in [0.25, 0.3) is 0 Å². The SMILES string of the molecule is CCc1ccccc1NC(=O)c1cc(Nc2cc(C)on2)nc(C)n1. The minimum atomic E-state index is -0.286. The summed E-state index contributed by atoms with van der Waals surface area (Å²) in [6, 6.07) is 11.0. The van der Waals surface area contributed by atoms with Gasteiger partial charge in [0, 0.05) is 17.8 Å². The van der Waals surface area contributed by atoms with Gasteiger partial charge in [-0.15, -0.1) is 0 Å². The van der Waals surface area contributed by atoms with Crippen molar-refractivity contribution >= 4 is 23.2 Å². The molecule has 2 aromatic heterocycles. The summed E-state index contributed by atoms with van der Waals surface area (Å²) in [5.41, 5.74) is 2.13. The molecule has 7 nitrogen and oxygen atoms in total. The number of hydrogen-bond donors (Lipinski definition) is 2. The van der Waals surface area contributed by atoms with Crippen LogP contribution in [0, 0.1) is 13.8 Å². The van der Waals surface area contributed by atoms with Crippen molar-refractivity contribution in [1.82, 2.24) is 15.1 Å². The molecule has 25 heavy (non-hydrogen) atoms. The fraction of sp³-hybridized carbons (Fsp3) is 0.222. The van der Waals surface area contributed by atoms with Crippen molar-refractivity contribution in [2.24, 2.45) is 0 Å². The standard InChI is InChI=1S/C18H19N5O2/c1-4-13-7-5-6-8-14(13)21-18(24)15-10-16(20-12(3)19-15)22-17-9-11(2)25-23-17/h5-10H,4H2,1-3H3,(H,21,24)(H,19,20,22,23). The number of nitrogens with zero attached hydrogens (tertiary/aromatic N) is 3. The predicted octanol–water partition coefficient (Wildman–Crippen LogP) is 3.64. The molecule has 3 aromatic rings. The molecule has 0 radical (unpaired) electrons. The lowest BCUT2D eigenvalue weighted by Crippen LogP contribution is -2.16. The number of rotatable bonds is 5. The third-order valence-electron chi connectivity index (χ3n) is 3.60. The Hall–Kier alpha value is -3.22. The van der Waals surface area contributed by atoms with Gasteiger partial charge in [-0.1, -0.05) is 30.3 Å². The second kappa shape index (κ2) is 7.12. The van der Waals surface area contributed by atoms with Crippen LogP contribution < -0.4 is 10.6 Å². The van der Waals surface area contributed by atoms with E-state index in [-0.39, 0.29) is 11.6 Å². The molecule has 3 rings (SSSR count). The van der Waals surface area contributed by atoms with E-state index in [1.165, 1.54) is 0 Å². The number of carbonyl (C=O) groups excluding carboxylic acids is 1. The van der Waals surface area contributed by atoms with Crippen LogP contribution in [0.3, 0.4) is 0 Å². The molecule has 0 bridgehead atoms. The molecule has 0 spiro atoms. The molecular weight excluding hydrogens is 318 g/mol. The number of para-hydroxylation sites is 1. The quantitative estimate of drug-likeness (QED) is 0.738. The normalized spacial score (nSPS) is 10.5. The Bertz CT molecular complexity index is 904. The van der Waals surface area contributed by atoms with Gasteiger partial charge in [0.15, 0.2) is 5.82 Å². The molecule has 1 amide bonds. The Labute approximate surface area is 145 Å². The van der Waals surface area contributed by atoms with Crippen molar-refractivity contribution in [2.75, 3.05) is 10.6 Å². The van der Waals surface area contributed by atoms with Crippen molar-refractivity contribution in [2.45, 2.75) is 27.2 Å². The van der Waals surface area contributed by atoms with Crippen LogP contribution in [0.15, 0.2) is 40.9 Å². The zero-order valence-electron chi connectivity index (χ0n) is 14.3. The second-order valence-electron chi connectivity index (χ2n) is 5.60. The molecule has 7 heteroatoms. The molecule has 2 N–H and O–H groups in total. The van der Waals surface area contributed by atoms with E-state index in [9.17, 15) is 4.79 Å². The summed E-state index contributed by atoms with van der Waals surface area (Å²) in [6.07, 6.45) is 0.831. The van der Waals surface area contributed by atoms with Crippen LogP contribution in [-0.2, 0) is 6.42 Å². The highest BCUT2D eigenvalue weighted by Gasteiger charge is 2.13. The Morgan fingerprint density at radius 2 is 1.92 bits per heavy atom. The number of anilines is 3. The van der Waals surface area contributed by atoms with E-state index < -0.39 is 0 Å². The second-order valence-corrected chi connectivity index (χ2v) is 5.60. The number of benzene rings is 1. The first-order valence-electron chi connectivity index (χ1n) is 8.00. The summed E-state index contributed by atoms with van der Waals surface area (Å²) in [7, 11) is 0. The smallest absolute Gasteiger partial charge is 0.274 e. The van der Waals surface area contributed by atoms with Gasteiger partial charge in [0.1, 0.15) is 23.1 Å². The molecular formula is C18H19N5O2. The molecule has 0 aliphatic rings. The lowest BCUT2D eigenvalue weighted by molar-refractivity contribution is 0.102. The summed E-state index contributed by atoms with van der Waals surface area (Å²) in [6.45, 7) is 5.57. The Morgan fingerprint density at radius 1 is 1.12 bits per heavy atom. The minimum absolute atomic E-state index is 0.279. The summed E-state index contributed by atoms with van der Waals surface area (Å²) < 4.78 is 5.01. The lowest BCUT2D eigenvalue weighted by Gasteiger charge is -2.10. The van der Waals surface area contributed by atoms with E-state index in [1.807, 2.05) is 31.2 Å². The maximum absolute atomic E-state index is 12.6. The van der Waals surface area contributed by atoms with Crippen LogP contribution in [0.1, 0.15) is 34.6 Å². The largest absolute Gasteiger partial charge is 0.360 e. The summed E-state index contributed by atoms with van der Waals surface area (Å²) >= 11 is 0. The molecule has 0 fully saturated rings. The zero-order chi connectivity index (χ0) is 17.8. The minimum Gasteiger partial charge on any atom is -0.360 e. The van der Waals surface area contributed by atoms with Gasteiger partial charge in [-0.25, -0.2) is 9.97 Å². The Morgan fingerprint density at radius 3 is 2.64 bits per heavy atom. The van der Waals surface area contributed by atoms with Crippen LogP contribution in [-0.4, -0.2) is 21.0 Å². The van der Waals surface area contributed by atoms with Gasteiger partial charge in [0.2, 0.25) is 0 Å². The molecule has 0 atom stereocenters. The number of nitrogens with one attached hydrogen (secondary N) is 2. The van der Waals surface area contributed by atoms with E-state index in [4.69, 9.17) is 4.52 Å². The third kappa shape index (κ3) is 4.00. The maximum atomic E-state index is 12.6. The molecule has 1 aromatic carbocycles. The summed E-state index contributed by atoms with van der Waals surface area (Å²) in [5.74, 6) is 1.89. The van der Waals surface area contributed by atoms with Crippen molar-refractivity contribution in [3.8, 4) is 0 Å². The third-order valence-corrected chi connectivity index (χ3v) is 3.60. The van der Waals surface area contributed by atoms with Crippen molar-refractivity contribution in [3.05, 3.63) is 59.2 Å². The van der Waals surface area contributed by atoms with Crippen molar-refractivity contribution in [1.29, 1.82) is 0 Å². The topological polar surface area (TPSA) is 92.9 Å². The number of aromatic nitrogens is 3. The average molecular weight is 337 g/mol. The monoisotopic (exact) mass is 337 g/mol. The van der Waals surface area contributed by atoms with Crippen molar-refractivity contribution in [3.63, 3.8) is 0 Å². The van der Waals surface area contributed by atoms with Gasteiger partial charge in [-0.3, -0.25) is 4.79 Å². The molecule has 0 aliphatic carbocycles. The van der Waals surface area contributed by atoms with Gasteiger partial charge in [0.25, 0.3) is 5.91 Å². The Kier molecular flexibility index (Phi) is 4.74. The number of hydrogen-bond acceptors (Lipinski definition) is 6. The highest BCUT2D eigenvalue weighted by atomic mass is 16.5. The number of amides is 1. The summed E-state index contributed by atoms with van der Waals surface area (Å²) in [5, 5.41) is 9.78. The van der Waals surface area contributed by atoms with Crippen LogP contribution >= 0.6 is 0 Å². The molecule has 0 saturated carbocycles. The van der Waals surface area contributed by atoms with E-state index in [0.717, 1.165) is 17.7 Å². The van der Waals surface area contributed by atoms with Gasteiger partial charge in [0.05, 0.1) is 0 Å². The van der Waals surface area contributed by atoms with Crippen molar-refractivity contribution < 1.29 is 9.32 Å².